The van der Waals surface area contributed by atoms with E-state index in [1.807, 2.05) is 6.07 Å². The van der Waals surface area contributed by atoms with Crippen LogP contribution in [0.2, 0.25) is 0 Å². The maximum absolute atomic E-state index is 3.57. The first-order chi connectivity index (χ1) is 7.77. The van der Waals surface area contributed by atoms with Crippen molar-refractivity contribution < 1.29 is 0 Å². The van der Waals surface area contributed by atoms with E-state index in [1.54, 1.807) is 0 Å². The largest absolute Gasteiger partial charge is 0.383 e. The Morgan fingerprint density at radius 1 is 1.19 bits per heavy atom. The normalized spacial score (nSPS) is 19.8. The molecule has 1 unspecified atom stereocenters. The molecule has 3 heteroatoms. The molecule has 0 radical (unpaired) electrons. The Labute approximate surface area is 114 Å². The second-order valence-corrected chi connectivity index (χ2v) is 5.84. The molecule has 0 aromatic heterocycles. The third-order valence-corrected chi connectivity index (χ3v) is 4.23. The lowest BCUT2D eigenvalue weighted by Gasteiger charge is -2.20. The van der Waals surface area contributed by atoms with Crippen LogP contribution in [-0.4, -0.2) is 6.54 Å². The van der Waals surface area contributed by atoms with Gasteiger partial charge in [-0.1, -0.05) is 18.2 Å². The molecule has 0 saturated carbocycles. The van der Waals surface area contributed by atoms with Gasteiger partial charge in [-0.05, 0) is 69.2 Å². The first kappa shape index (κ1) is 12.2. The van der Waals surface area contributed by atoms with Crippen molar-refractivity contribution in [2.75, 3.05) is 11.9 Å². The van der Waals surface area contributed by atoms with Crippen LogP contribution in [-0.2, 0) is 0 Å². The van der Waals surface area contributed by atoms with E-state index in [-0.39, 0.29) is 0 Å². The van der Waals surface area contributed by atoms with Crippen LogP contribution >= 0.6 is 31.9 Å². The average Bonchev–Trinajstić information content (AvgIpc) is 2.30. The van der Waals surface area contributed by atoms with Gasteiger partial charge in [0.25, 0.3) is 0 Å². The molecular formula is C13H15Br2N. The summed E-state index contributed by atoms with van der Waals surface area (Å²) in [7, 11) is 0. The molecule has 86 valence electrons. The van der Waals surface area contributed by atoms with Crippen LogP contribution in [0.5, 0.6) is 0 Å². The molecule has 1 aromatic carbocycles. The summed E-state index contributed by atoms with van der Waals surface area (Å²) in [6.07, 6.45) is 8.31. The molecule has 1 N–H and O–H groups in total. The summed E-state index contributed by atoms with van der Waals surface area (Å²) in [5.41, 5.74) is 1.16. The molecule has 1 aliphatic rings. The number of hydrogen-bond donors (Lipinski definition) is 1. The summed E-state index contributed by atoms with van der Waals surface area (Å²) in [4.78, 5) is 0. The van der Waals surface area contributed by atoms with Gasteiger partial charge in [0, 0.05) is 15.5 Å². The van der Waals surface area contributed by atoms with Gasteiger partial charge in [-0.25, -0.2) is 0 Å². The molecule has 0 heterocycles. The summed E-state index contributed by atoms with van der Waals surface area (Å²) in [5, 5.41) is 3.52. The smallest absolute Gasteiger partial charge is 0.0629 e. The number of nitrogens with one attached hydrogen (secondary N) is 1. The van der Waals surface area contributed by atoms with Gasteiger partial charge in [0.05, 0.1) is 5.69 Å². The van der Waals surface area contributed by atoms with E-state index in [0.29, 0.717) is 0 Å². The van der Waals surface area contributed by atoms with E-state index in [1.165, 1.54) is 19.3 Å². The van der Waals surface area contributed by atoms with Crippen LogP contribution in [0.25, 0.3) is 0 Å². The molecule has 0 aliphatic heterocycles. The van der Waals surface area contributed by atoms with E-state index in [2.05, 4.69) is 61.5 Å². The molecular weight excluding hydrogens is 330 g/mol. The summed E-state index contributed by atoms with van der Waals surface area (Å²) in [6, 6.07) is 6.16. The Kier molecular flexibility index (Phi) is 4.47. The highest BCUT2D eigenvalue weighted by atomic mass is 79.9. The fourth-order valence-corrected chi connectivity index (χ4v) is 3.23. The van der Waals surface area contributed by atoms with Crippen LogP contribution < -0.4 is 5.32 Å². The Hall–Kier alpha value is -0.280. The molecule has 0 spiro atoms. The van der Waals surface area contributed by atoms with Crippen molar-refractivity contribution in [3.8, 4) is 0 Å². The second kappa shape index (κ2) is 5.87. The van der Waals surface area contributed by atoms with E-state index < -0.39 is 0 Å². The number of benzene rings is 1. The monoisotopic (exact) mass is 343 g/mol. The number of anilines is 1. The lowest BCUT2D eigenvalue weighted by molar-refractivity contribution is 0.504. The van der Waals surface area contributed by atoms with Crippen LogP contribution in [0.1, 0.15) is 19.3 Å². The number of hydrogen-bond acceptors (Lipinski definition) is 1. The van der Waals surface area contributed by atoms with Gasteiger partial charge < -0.3 is 5.32 Å². The van der Waals surface area contributed by atoms with E-state index in [0.717, 1.165) is 27.1 Å². The van der Waals surface area contributed by atoms with Crippen molar-refractivity contribution in [1.29, 1.82) is 0 Å². The predicted octanol–water partition coefficient (Wildman–Crippen LogP) is 4.98. The molecule has 1 aliphatic carbocycles. The fraction of sp³-hybridized carbons (Fsp3) is 0.385. The third-order valence-electron chi connectivity index (χ3n) is 2.91. The van der Waals surface area contributed by atoms with E-state index >= 15 is 0 Å². The molecule has 1 atom stereocenters. The zero-order valence-corrected chi connectivity index (χ0v) is 12.2. The zero-order valence-electron chi connectivity index (χ0n) is 9.05. The summed E-state index contributed by atoms with van der Waals surface area (Å²) < 4.78 is 2.24. The first-order valence-electron chi connectivity index (χ1n) is 5.60. The highest BCUT2D eigenvalue weighted by Gasteiger charge is 2.11. The molecule has 2 rings (SSSR count). The fourth-order valence-electron chi connectivity index (χ4n) is 1.95. The number of allylic oxidation sites excluding steroid dienone is 2. The van der Waals surface area contributed by atoms with Crippen molar-refractivity contribution in [2.24, 2.45) is 5.92 Å². The standard InChI is InChI=1S/C13H15Br2N/c14-11-7-4-8-12(15)13(11)16-9-10-5-2-1-3-6-10/h1-2,4,7-8,10,16H,3,5-6,9H2. The van der Waals surface area contributed by atoms with Gasteiger partial charge in [0.1, 0.15) is 0 Å². The minimum Gasteiger partial charge on any atom is -0.383 e. The summed E-state index contributed by atoms with van der Waals surface area (Å²) in [6.45, 7) is 1.05. The summed E-state index contributed by atoms with van der Waals surface area (Å²) >= 11 is 7.13. The molecule has 0 fully saturated rings. The minimum atomic E-state index is 0.768. The van der Waals surface area contributed by atoms with Crippen LogP contribution in [0, 0.1) is 5.92 Å². The van der Waals surface area contributed by atoms with Crippen molar-refractivity contribution >= 4 is 37.5 Å². The van der Waals surface area contributed by atoms with Crippen molar-refractivity contribution in [2.45, 2.75) is 19.3 Å². The van der Waals surface area contributed by atoms with E-state index in [9.17, 15) is 0 Å². The predicted molar refractivity (Wildman–Crippen MR) is 76.8 cm³/mol. The molecule has 16 heavy (non-hydrogen) atoms. The van der Waals surface area contributed by atoms with Crippen LogP contribution in [0.3, 0.4) is 0 Å². The molecule has 0 amide bonds. The van der Waals surface area contributed by atoms with Gasteiger partial charge in [-0.2, -0.15) is 0 Å². The number of halogens is 2. The molecule has 1 aromatic rings. The topological polar surface area (TPSA) is 12.0 Å². The first-order valence-corrected chi connectivity index (χ1v) is 7.19. The Balaban J connectivity index is 1.96. The van der Waals surface area contributed by atoms with Gasteiger partial charge in [0.15, 0.2) is 0 Å². The maximum atomic E-state index is 3.57. The SMILES string of the molecule is Brc1cccc(Br)c1NCC1CC=CCC1. The lowest BCUT2D eigenvalue weighted by atomic mass is 9.94. The highest BCUT2D eigenvalue weighted by Crippen LogP contribution is 2.31. The molecule has 1 nitrogen and oxygen atoms in total. The Morgan fingerprint density at radius 2 is 1.94 bits per heavy atom. The molecule has 0 bridgehead atoms. The summed E-state index contributed by atoms with van der Waals surface area (Å²) in [5.74, 6) is 0.768. The van der Waals surface area contributed by atoms with Gasteiger partial charge in [0.2, 0.25) is 0 Å². The zero-order chi connectivity index (χ0) is 11.4. The van der Waals surface area contributed by atoms with Crippen molar-refractivity contribution in [3.63, 3.8) is 0 Å². The van der Waals surface area contributed by atoms with E-state index in [4.69, 9.17) is 0 Å². The van der Waals surface area contributed by atoms with Crippen molar-refractivity contribution in [3.05, 3.63) is 39.3 Å². The van der Waals surface area contributed by atoms with Gasteiger partial charge in [-0.3, -0.25) is 0 Å². The Bertz CT molecular complexity index is 367. The number of para-hydroxylation sites is 1. The van der Waals surface area contributed by atoms with Gasteiger partial charge >= 0.3 is 0 Å². The number of rotatable bonds is 3. The average molecular weight is 345 g/mol. The van der Waals surface area contributed by atoms with Crippen molar-refractivity contribution in [1.82, 2.24) is 0 Å². The second-order valence-electron chi connectivity index (χ2n) is 4.13. The van der Waals surface area contributed by atoms with Crippen LogP contribution in [0.4, 0.5) is 5.69 Å². The quantitative estimate of drug-likeness (QED) is 0.762. The third kappa shape index (κ3) is 3.11. The lowest BCUT2D eigenvalue weighted by Crippen LogP contribution is -2.15. The maximum Gasteiger partial charge on any atom is 0.0629 e. The Morgan fingerprint density at radius 3 is 2.56 bits per heavy atom. The molecule has 0 saturated heterocycles. The van der Waals surface area contributed by atoms with Gasteiger partial charge in [-0.15, -0.1) is 0 Å². The minimum absolute atomic E-state index is 0.768. The highest BCUT2D eigenvalue weighted by molar-refractivity contribution is 9.11. The van der Waals surface area contributed by atoms with Crippen LogP contribution in [0.15, 0.2) is 39.3 Å².